The molecule has 0 aromatic carbocycles. The molecule has 0 bridgehead atoms. The number of thiophene rings is 1. The van der Waals surface area contributed by atoms with Crippen LogP contribution in [0.25, 0.3) is 0 Å². The molecular weight excluding hydrogens is 208 g/mol. The van der Waals surface area contributed by atoms with E-state index in [-0.39, 0.29) is 12.1 Å². The first-order chi connectivity index (χ1) is 7.24. The number of rotatable bonds is 5. The first-order valence-corrected chi connectivity index (χ1v) is 6.19. The fraction of sp³-hybridized carbons (Fsp3) is 0.545. The minimum atomic E-state index is -0.0793. The summed E-state index contributed by atoms with van der Waals surface area (Å²) in [5.41, 5.74) is 0. The zero-order valence-electron chi connectivity index (χ0n) is 9.25. The van der Waals surface area contributed by atoms with Crippen LogP contribution in [0.3, 0.4) is 0 Å². The van der Waals surface area contributed by atoms with Gasteiger partial charge in [-0.15, -0.1) is 11.3 Å². The van der Waals surface area contributed by atoms with Gasteiger partial charge in [-0.05, 0) is 24.8 Å². The third-order valence-corrected chi connectivity index (χ3v) is 3.19. The van der Waals surface area contributed by atoms with Gasteiger partial charge in [0.05, 0.1) is 6.04 Å². The molecule has 0 aliphatic heterocycles. The van der Waals surface area contributed by atoms with Crippen LogP contribution in [-0.4, -0.2) is 12.6 Å². The molecule has 1 aromatic heterocycles. The molecule has 1 atom stereocenters. The van der Waals surface area contributed by atoms with Gasteiger partial charge in [0.2, 0.25) is 0 Å². The molecule has 4 heteroatoms. The summed E-state index contributed by atoms with van der Waals surface area (Å²) in [6.45, 7) is 4.85. The molecule has 0 spiro atoms. The molecule has 0 aliphatic carbocycles. The van der Waals surface area contributed by atoms with Crippen LogP contribution >= 0.6 is 11.3 Å². The van der Waals surface area contributed by atoms with Gasteiger partial charge in [0, 0.05) is 11.4 Å². The van der Waals surface area contributed by atoms with E-state index in [1.165, 1.54) is 4.88 Å². The molecule has 0 radical (unpaired) electrons. The molecule has 1 aromatic rings. The third-order valence-electron chi connectivity index (χ3n) is 2.13. The van der Waals surface area contributed by atoms with Gasteiger partial charge in [-0.25, -0.2) is 4.79 Å². The predicted molar refractivity (Wildman–Crippen MR) is 64.2 cm³/mol. The zero-order valence-corrected chi connectivity index (χ0v) is 10.1. The van der Waals surface area contributed by atoms with Crippen molar-refractivity contribution in [2.75, 3.05) is 6.54 Å². The van der Waals surface area contributed by atoms with Crippen LogP contribution in [0.2, 0.25) is 0 Å². The molecule has 1 rings (SSSR count). The Morgan fingerprint density at radius 2 is 2.40 bits per heavy atom. The Kier molecular flexibility index (Phi) is 5.18. The van der Waals surface area contributed by atoms with Crippen molar-refractivity contribution in [3.05, 3.63) is 22.4 Å². The maximum Gasteiger partial charge on any atom is 0.315 e. The highest BCUT2D eigenvalue weighted by molar-refractivity contribution is 7.10. The largest absolute Gasteiger partial charge is 0.338 e. The summed E-state index contributed by atoms with van der Waals surface area (Å²) in [4.78, 5) is 12.6. The van der Waals surface area contributed by atoms with Crippen LogP contribution in [0, 0.1) is 0 Å². The smallest absolute Gasteiger partial charge is 0.315 e. The highest BCUT2D eigenvalue weighted by Gasteiger charge is 2.08. The molecule has 15 heavy (non-hydrogen) atoms. The maximum absolute atomic E-state index is 11.4. The minimum Gasteiger partial charge on any atom is -0.338 e. The molecule has 2 amide bonds. The van der Waals surface area contributed by atoms with Crippen LogP contribution in [0.15, 0.2) is 17.5 Å². The van der Waals surface area contributed by atoms with Crippen molar-refractivity contribution in [2.45, 2.75) is 32.7 Å². The normalized spacial score (nSPS) is 12.1. The summed E-state index contributed by atoms with van der Waals surface area (Å²) in [5.74, 6) is 0. The van der Waals surface area contributed by atoms with Gasteiger partial charge < -0.3 is 10.6 Å². The van der Waals surface area contributed by atoms with E-state index in [9.17, 15) is 4.79 Å². The maximum atomic E-state index is 11.4. The van der Waals surface area contributed by atoms with Crippen molar-refractivity contribution in [2.24, 2.45) is 0 Å². The minimum absolute atomic E-state index is 0.0793. The molecule has 1 heterocycles. The Balaban J connectivity index is 2.26. The van der Waals surface area contributed by atoms with E-state index in [1.807, 2.05) is 24.4 Å². The molecule has 3 nitrogen and oxygen atoms in total. The molecule has 2 N–H and O–H groups in total. The lowest BCUT2D eigenvalue weighted by atomic mass is 10.3. The molecule has 0 fully saturated rings. The Morgan fingerprint density at radius 1 is 1.60 bits per heavy atom. The summed E-state index contributed by atoms with van der Waals surface area (Å²) >= 11 is 1.66. The Labute approximate surface area is 94.9 Å². The highest BCUT2D eigenvalue weighted by Crippen LogP contribution is 2.17. The van der Waals surface area contributed by atoms with E-state index < -0.39 is 0 Å². The summed E-state index contributed by atoms with van der Waals surface area (Å²) in [6.07, 6.45) is 2.13. The van der Waals surface area contributed by atoms with E-state index in [1.54, 1.807) is 11.3 Å². The monoisotopic (exact) mass is 226 g/mol. The second-order valence-corrected chi connectivity index (χ2v) is 4.47. The van der Waals surface area contributed by atoms with Gasteiger partial charge in [0.1, 0.15) is 0 Å². The lowest BCUT2D eigenvalue weighted by Gasteiger charge is -2.12. The fourth-order valence-corrected chi connectivity index (χ4v) is 1.97. The van der Waals surface area contributed by atoms with Gasteiger partial charge in [-0.1, -0.05) is 19.4 Å². The van der Waals surface area contributed by atoms with Gasteiger partial charge >= 0.3 is 6.03 Å². The van der Waals surface area contributed by atoms with E-state index >= 15 is 0 Å². The number of unbranched alkanes of at least 4 members (excludes halogenated alkanes) is 1. The second kappa shape index (κ2) is 6.45. The third kappa shape index (κ3) is 4.34. The van der Waals surface area contributed by atoms with Gasteiger partial charge in [0.25, 0.3) is 0 Å². The molecule has 0 saturated heterocycles. The van der Waals surface area contributed by atoms with Crippen molar-refractivity contribution in [1.29, 1.82) is 0 Å². The topological polar surface area (TPSA) is 41.1 Å². The number of nitrogens with one attached hydrogen (secondary N) is 2. The molecular formula is C11H18N2OS. The van der Waals surface area contributed by atoms with Crippen molar-refractivity contribution in [1.82, 2.24) is 10.6 Å². The molecule has 0 saturated carbocycles. The number of carbonyl (C=O) groups is 1. The quantitative estimate of drug-likeness (QED) is 0.745. The van der Waals surface area contributed by atoms with Gasteiger partial charge in [0.15, 0.2) is 0 Å². The van der Waals surface area contributed by atoms with Crippen LogP contribution < -0.4 is 10.6 Å². The first-order valence-electron chi connectivity index (χ1n) is 5.31. The van der Waals surface area contributed by atoms with Crippen molar-refractivity contribution >= 4 is 17.4 Å². The summed E-state index contributed by atoms with van der Waals surface area (Å²) in [6, 6.07) is 4.03. The fourth-order valence-electron chi connectivity index (χ4n) is 1.24. The average Bonchev–Trinajstić information content (AvgIpc) is 2.70. The molecule has 1 unspecified atom stereocenters. The van der Waals surface area contributed by atoms with Crippen LogP contribution in [0.4, 0.5) is 4.79 Å². The lowest BCUT2D eigenvalue weighted by Crippen LogP contribution is -2.37. The van der Waals surface area contributed by atoms with Gasteiger partial charge in [-0.2, -0.15) is 0 Å². The molecule has 0 aliphatic rings. The predicted octanol–water partition coefficient (Wildman–Crippen LogP) is 2.91. The standard InChI is InChI=1S/C11H18N2OS/c1-3-4-7-12-11(14)13-9(2)10-6-5-8-15-10/h5-6,8-9H,3-4,7H2,1-2H3,(H2,12,13,14). The Hall–Kier alpha value is -1.03. The highest BCUT2D eigenvalue weighted by atomic mass is 32.1. The average molecular weight is 226 g/mol. The second-order valence-electron chi connectivity index (χ2n) is 3.49. The van der Waals surface area contributed by atoms with Crippen molar-refractivity contribution < 1.29 is 4.79 Å². The van der Waals surface area contributed by atoms with Gasteiger partial charge in [-0.3, -0.25) is 0 Å². The summed E-state index contributed by atoms with van der Waals surface area (Å²) in [5, 5.41) is 7.75. The number of hydrogen-bond acceptors (Lipinski definition) is 2. The van der Waals surface area contributed by atoms with Crippen molar-refractivity contribution in [3.8, 4) is 0 Å². The zero-order chi connectivity index (χ0) is 11.1. The SMILES string of the molecule is CCCCNC(=O)NC(C)c1cccs1. The summed E-state index contributed by atoms with van der Waals surface area (Å²) in [7, 11) is 0. The van der Waals surface area contributed by atoms with Crippen LogP contribution in [0.5, 0.6) is 0 Å². The number of hydrogen-bond donors (Lipinski definition) is 2. The number of amides is 2. The van der Waals surface area contributed by atoms with E-state index in [0.717, 1.165) is 19.4 Å². The van der Waals surface area contributed by atoms with Crippen LogP contribution in [-0.2, 0) is 0 Å². The Morgan fingerprint density at radius 3 is 3.00 bits per heavy atom. The van der Waals surface area contributed by atoms with Crippen molar-refractivity contribution in [3.63, 3.8) is 0 Å². The summed E-state index contributed by atoms with van der Waals surface area (Å²) < 4.78 is 0. The number of urea groups is 1. The van der Waals surface area contributed by atoms with E-state index in [2.05, 4.69) is 17.6 Å². The van der Waals surface area contributed by atoms with E-state index in [0.29, 0.717) is 0 Å². The Bertz CT molecular complexity index is 285. The number of carbonyl (C=O) groups excluding carboxylic acids is 1. The van der Waals surface area contributed by atoms with E-state index in [4.69, 9.17) is 0 Å². The van der Waals surface area contributed by atoms with Crippen LogP contribution in [0.1, 0.15) is 37.6 Å². The lowest BCUT2D eigenvalue weighted by molar-refractivity contribution is 0.238. The molecule has 84 valence electrons. The first kappa shape index (κ1) is 12.0.